The zero-order valence-electron chi connectivity index (χ0n) is 13.2. The van der Waals surface area contributed by atoms with Crippen LogP contribution < -0.4 is 16.2 Å². The van der Waals surface area contributed by atoms with Crippen molar-refractivity contribution in [3.8, 4) is 0 Å². The van der Waals surface area contributed by atoms with Gasteiger partial charge in [-0.2, -0.15) is 0 Å². The third kappa shape index (κ3) is 4.35. The Morgan fingerprint density at radius 3 is 2.08 bits per heavy atom. The van der Waals surface area contributed by atoms with Crippen LogP contribution in [0.5, 0.6) is 0 Å². The summed E-state index contributed by atoms with van der Waals surface area (Å²) in [4.78, 5) is 0.205. The van der Waals surface area contributed by atoms with Crippen LogP contribution in [-0.4, -0.2) is 8.42 Å². The average molecular weight is 400 g/mol. The number of nitrogens with two attached hydrogens (primary N) is 2. The van der Waals surface area contributed by atoms with Crippen molar-refractivity contribution >= 4 is 57.0 Å². The third-order valence-electron chi connectivity index (χ3n) is 3.71. The second-order valence-corrected chi connectivity index (χ2v) is 6.96. The summed E-state index contributed by atoms with van der Waals surface area (Å²) in [5.74, 6) is 0. The number of rotatable bonds is 4. The Morgan fingerprint density at radius 1 is 0.760 bits per heavy atom. The molecule has 0 radical (unpaired) electrons. The molecule has 0 spiro atoms. The minimum Gasteiger partial charge on any atom is -0.398 e. The van der Waals surface area contributed by atoms with Gasteiger partial charge in [-0.15, -0.1) is 24.8 Å². The first kappa shape index (κ1) is 21.1. The molecule has 0 atom stereocenters. The molecule has 0 saturated heterocycles. The Balaban J connectivity index is 0.00000156. The highest BCUT2D eigenvalue weighted by molar-refractivity contribution is 7.89. The van der Waals surface area contributed by atoms with Crippen LogP contribution in [0.2, 0.25) is 0 Å². The topological polar surface area (TPSA) is 98.2 Å². The first-order valence-corrected chi connectivity index (χ1v) is 8.57. The number of anilines is 2. The van der Waals surface area contributed by atoms with Crippen LogP contribution in [0, 0.1) is 0 Å². The number of fused-ring (bicyclic) bond motifs is 1. The Hall–Kier alpha value is -1.99. The zero-order chi connectivity index (χ0) is 16.4. The highest BCUT2D eigenvalue weighted by Crippen LogP contribution is 2.27. The van der Waals surface area contributed by atoms with E-state index in [4.69, 9.17) is 11.5 Å². The average Bonchev–Trinajstić information content (AvgIpc) is 2.54. The van der Waals surface area contributed by atoms with Crippen molar-refractivity contribution in [3.05, 3.63) is 66.2 Å². The summed E-state index contributed by atoms with van der Waals surface area (Å²) in [5, 5.41) is 1.32. The lowest BCUT2D eigenvalue weighted by Crippen LogP contribution is -2.24. The normalized spacial score (nSPS) is 10.7. The predicted molar refractivity (Wildman–Crippen MR) is 108 cm³/mol. The third-order valence-corrected chi connectivity index (χ3v) is 5.17. The summed E-state index contributed by atoms with van der Waals surface area (Å²) in [6, 6.07) is 17.4. The van der Waals surface area contributed by atoms with E-state index in [2.05, 4.69) is 4.72 Å². The number of sulfonamides is 1. The van der Waals surface area contributed by atoms with Crippen molar-refractivity contribution in [1.29, 1.82) is 0 Å². The zero-order valence-corrected chi connectivity index (χ0v) is 15.6. The number of nitrogens with one attached hydrogen (secondary N) is 1. The number of benzene rings is 3. The summed E-state index contributed by atoms with van der Waals surface area (Å²) in [7, 11) is -3.68. The van der Waals surface area contributed by atoms with Gasteiger partial charge >= 0.3 is 0 Å². The van der Waals surface area contributed by atoms with Crippen LogP contribution in [0.3, 0.4) is 0 Å². The standard InChI is InChI=1S/C17H17N3O2S.2ClH/c18-15-8-2-1-5-12(15)11-20-23(21,22)17-10-4-6-13-14(17)7-3-9-16(13)19;;/h1-10,20H,11,18-19H2;2*1H. The molecule has 3 rings (SSSR count). The van der Waals surface area contributed by atoms with Gasteiger partial charge < -0.3 is 11.5 Å². The molecule has 0 aliphatic carbocycles. The van der Waals surface area contributed by atoms with Gasteiger partial charge in [0.1, 0.15) is 0 Å². The molecule has 0 heterocycles. The maximum atomic E-state index is 12.6. The fourth-order valence-corrected chi connectivity index (χ4v) is 3.71. The van der Waals surface area contributed by atoms with E-state index in [0.29, 0.717) is 16.8 Å². The molecule has 0 fully saturated rings. The van der Waals surface area contributed by atoms with Crippen molar-refractivity contribution in [2.24, 2.45) is 0 Å². The van der Waals surface area contributed by atoms with Gasteiger partial charge in [0.15, 0.2) is 0 Å². The molecule has 0 aliphatic heterocycles. The largest absolute Gasteiger partial charge is 0.398 e. The molecule has 0 saturated carbocycles. The second kappa shape index (κ2) is 8.40. The molecule has 0 amide bonds. The Bertz CT molecular complexity index is 979. The lowest BCUT2D eigenvalue weighted by atomic mass is 10.1. The maximum Gasteiger partial charge on any atom is 0.241 e. The molecule has 5 N–H and O–H groups in total. The molecule has 3 aromatic carbocycles. The van der Waals surface area contributed by atoms with Gasteiger partial charge in [0.05, 0.1) is 4.90 Å². The number of halogens is 2. The van der Waals surface area contributed by atoms with Gasteiger partial charge in [0, 0.05) is 28.7 Å². The summed E-state index contributed by atoms with van der Waals surface area (Å²) < 4.78 is 27.9. The van der Waals surface area contributed by atoms with E-state index in [9.17, 15) is 8.42 Å². The highest BCUT2D eigenvalue weighted by Gasteiger charge is 2.17. The minimum absolute atomic E-state index is 0. The summed E-state index contributed by atoms with van der Waals surface area (Å²) in [5.41, 5.74) is 13.6. The Kier molecular flexibility index (Phi) is 7.07. The maximum absolute atomic E-state index is 12.6. The number of hydrogen-bond donors (Lipinski definition) is 3. The first-order chi connectivity index (χ1) is 11.0. The fourth-order valence-electron chi connectivity index (χ4n) is 2.49. The van der Waals surface area contributed by atoms with Crippen LogP contribution in [-0.2, 0) is 16.6 Å². The van der Waals surface area contributed by atoms with Crippen molar-refractivity contribution < 1.29 is 8.42 Å². The number of para-hydroxylation sites is 1. The molecular formula is C17H19Cl2N3O2S. The lowest BCUT2D eigenvalue weighted by molar-refractivity contribution is 0.582. The SMILES string of the molecule is Cl.Cl.Nc1ccccc1CNS(=O)(=O)c1cccc2c(N)cccc12. The van der Waals surface area contributed by atoms with Crippen LogP contribution >= 0.6 is 24.8 Å². The van der Waals surface area contributed by atoms with Gasteiger partial charge in [0.25, 0.3) is 0 Å². The first-order valence-electron chi connectivity index (χ1n) is 7.09. The molecule has 0 aromatic heterocycles. The predicted octanol–water partition coefficient (Wildman–Crippen LogP) is 3.33. The van der Waals surface area contributed by atoms with Gasteiger partial charge in [-0.25, -0.2) is 13.1 Å². The molecule has 5 nitrogen and oxygen atoms in total. The minimum atomic E-state index is -3.68. The Morgan fingerprint density at radius 2 is 1.36 bits per heavy atom. The van der Waals surface area contributed by atoms with Crippen molar-refractivity contribution in [1.82, 2.24) is 4.72 Å². The van der Waals surface area contributed by atoms with Crippen LogP contribution in [0.4, 0.5) is 11.4 Å². The lowest BCUT2D eigenvalue weighted by Gasteiger charge is -2.11. The summed E-state index contributed by atoms with van der Waals surface area (Å²) in [6.07, 6.45) is 0. The van der Waals surface area contributed by atoms with Crippen LogP contribution in [0.15, 0.2) is 65.6 Å². The van der Waals surface area contributed by atoms with Crippen molar-refractivity contribution in [2.75, 3.05) is 11.5 Å². The molecule has 8 heteroatoms. The molecule has 0 unspecified atom stereocenters. The molecule has 3 aromatic rings. The van der Waals surface area contributed by atoms with Gasteiger partial charge in [-0.05, 0) is 23.8 Å². The van der Waals surface area contributed by atoms with E-state index in [1.807, 2.05) is 6.07 Å². The quantitative estimate of drug-likeness (QED) is 0.585. The van der Waals surface area contributed by atoms with E-state index < -0.39 is 10.0 Å². The summed E-state index contributed by atoms with van der Waals surface area (Å²) in [6.45, 7) is 0.133. The molecule has 0 bridgehead atoms. The highest BCUT2D eigenvalue weighted by atomic mass is 35.5. The van der Waals surface area contributed by atoms with Crippen molar-refractivity contribution in [2.45, 2.75) is 11.4 Å². The van der Waals surface area contributed by atoms with Crippen LogP contribution in [0.25, 0.3) is 10.8 Å². The molecule has 25 heavy (non-hydrogen) atoms. The van der Waals surface area contributed by atoms with Gasteiger partial charge in [0.2, 0.25) is 10.0 Å². The molecule has 134 valence electrons. The van der Waals surface area contributed by atoms with E-state index in [-0.39, 0.29) is 36.3 Å². The number of nitrogen functional groups attached to an aromatic ring is 2. The smallest absolute Gasteiger partial charge is 0.241 e. The second-order valence-electron chi connectivity index (χ2n) is 5.22. The van der Waals surface area contributed by atoms with Crippen molar-refractivity contribution in [3.63, 3.8) is 0 Å². The Labute approximate surface area is 159 Å². The molecular weight excluding hydrogens is 381 g/mol. The molecule has 0 aliphatic rings. The summed E-state index contributed by atoms with van der Waals surface area (Å²) >= 11 is 0. The van der Waals surface area contributed by atoms with Crippen LogP contribution in [0.1, 0.15) is 5.56 Å². The number of hydrogen-bond acceptors (Lipinski definition) is 4. The fraction of sp³-hybridized carbons (Fsp3) is 0.0588. The van der Waals surface area contributed by atoms with E-state index in [1.54, 1.807) is 54.6 Å². The van der Waals surface area contributed by atoms with Gasteiger partial charge in [-0.1, -0.05) is 42.5 Å². The van der Waals surface area contributed by atoms with E-state index in [1.165, 1.54) is 0 Å². The van der Waals surface area contributed by atoms with Gasteiger partial charge in [-0.3, -0.25) is 0 Å². The van der Waals surface area contributed by atoms with E-state index >= 15 is 0 Å². The van der Waals surface area contributed by atoms with E-state index in [0.717, 1.165) is 10.9 Å². The monoisotopic (exact) mass is 399 g/mol.